The fourth-order valence-electron chi connectivity index (χ4n) is 2.38. The highest BCUT2D eigenvalue weighted by molar-refractivity contribution is 7.14. The molecule has 0 aliphatic carbocycles. The lowest BCUT2D eigenvalue weighted by molar-refractivity contribution is -0.138. The first kappa shape index (κ1) is 23.5. The summed E-state index contributed by atoms with van der Waals surface area (Å²) in [6.07, 6.45) is -2.33. The lowest BCUT2D eigenvalue weighted by atomic mass is 10.1. The van der Waals surface area contributed by atoms with Crippen molar-refractivity contribution in [1.82, 2.24) is 10.2 Å². The van der Waals surface area contributed by atoms with E-state index in [0.29, 0.717) is 24.6 Å². The van der Waals surface area contributed by atoms with E-state index in [1.165, 1.54) is 12.1 Å². The summed E-state index contributed by atoms with van der Waals surface area (Å²) in [4.78, 5) is 0. The SMILES string of the molecule is CCCOCCCCOc1ccc(-c2nnc(C(C)(N)CO)s2)cc1C(F)(F)F. The molecule has 0 spiro atoms. The molecule has 1 unspecified atom stereocenters. The third-order valence-electron chi connectivity index (χ3n) is 4.06. The summed E-state index contributed by atoms with van der Waals surface area (Å²) in [5, 5.41) is 17.8. The molecule has 1 atom stereocenters. The van der Waals surface area contributed by atoms with Gasteiger partial charge in [0.15, 0.2) is 0 Å². The minimum Gasteiger partial charge on any atom is -0.493 e. The van der Waals surface area contributed by atoms with Crippen molar-refractivity contribution in [1.29, 1.82) is 0 Å². The molecule has 0 saturated carbocycles. The van der Waals surface area contributed by atoms with E-state index in [1.54, 1.807) is 6.92 Å². The number of ether oxygens (including phenoxy) is 2. The van der Waals surface area contributed by atoms with Gasteiger partial charge in [0.25, 0.3) is 0 Å². The van der Waals surface area contributed by atoms with Crippen LogP contribution in [0, 0.1) is 0 Å². The molecule has 3 N–H and O–H groups in total. The molecular formula is C19H26F3N3O3S. The highest BCUT2D eigenvalue weighted by Crippen LogP contribution is 2.39. The molecule has 6 nitrogen and oxygen atoms in total. The van der Waals surface area contributed by atoms with Crippen molar-refractivity contribution in [2.24, 2.45) is 5.73 Å². The summed E-state index contributed by atoms with van der Waals surface area (Å²) >= 11 is 1.04. The van der Waals surface area contributed by atoms with Crippen LogP contribution in [0.4, 0.5) is 13.2 Å². The summed E-state index contributed by atoms with van der Waals surface area (Å²) in [5.74, 6) is -0.223. The van der Waals surface area contributed by atoms with Crippen molar-refractivity contribution in [2.45, 2.75) is 44.8 Å². The van der Waals surface area contributed by atoms with E-state index in [2.05, 4.69) is 10.2 Å². The van der Waals surface area contributed by atoms with E-state index in [0.717, 1.165) is 30.2 Å². The second kappa shape index (κ2) is 10.3. The zero-order valence-corrected chi connectivity index (χ0v) is 17.3. The van der Waals surface area contributed by atoms with Gasteiger partial charge in [-0.15, -0.1) is 10.2 Å². The average molecular weight is 433 g/mol. The second-order valence-corrected chi connectivity index (χ2v) is 7.84. The van der Waals surface area contributed by atoms with E-state index in [9.17, 15) is 18.3 Å². The molecule has 2 rings (SSSR count). The second-order valence-electron chi connectivity index (χ2n) is 6.86. The first-order chi connectivity index (χ1) is 13.7. The van der Waals surface area contributed by atoms with Crippen molar-refractivity contribution in [3.8, 4) is 16.3 Å². The molecule has 29 heavy (non-hydrogen) atoms. The van der Waals surface area contributed by atoms with Gasteiger partial charge >= 0.3 is 6.18 Å². The van der Waals surface area contributed by atoms with Crippen LogP contribution in [0.5, 0.6) is 5.75 Å². The zero-order valence-electron chi connectivity index (χ0n) is 16.5. The third-order valence-corrected chi connectivity index (χ3v) is 5.31. The highest BCUT2D eigenvalue weighted by Gasteiger charge is 2.35. The maximum absolute atomic E-state index is 13.5. The number of alkyl halides is 3. The summed E-state index contributed by atoms with van der Waals surface area (Å²) in [6, 6.07) is 3.79. The van der Waals surface area contributed by atoms with Gasteiger partial charge in [-0.2, -0.15) is 13.2 Å². The Kier molecular flexibility index (Phi) is 8.38. The van der Waals surface area contributed by atoms with Crippen LogP contribution >= 0.6 is 11.3 Å². The van der Waals surface area contributed by atoms with Crippen molar-refractivity contribution >= 4 is 11.3 Å². The van der Waals surface area contributed by atoms with E-state index in [4.69, 9.17) is 15.2 Å². The average Bonchev–Trinajstić information content (AvgIpc) is 3.18. The Labute approximate surface area is 171 Å². The number of hydrogen-bond donors (Lipinski definition) is 2. The van der Waals surface area contributed by atoms with E-state index < -0.39 is 17.3 Å². The summed E-state index contributed by atoms with van der Waals surface area (Å²) in [6.45, 7) is 4.64. The van der Waals surface area contributed by atoms with Crippen LogP contribution in [0.25, 0.3) is 10.6 Å². The largest absolute Gasteiger partial charge is 0.493 e. The number of nitrogens with two attached hydrogens (primary N) is 1. The van der Waals surface area contributed by atoms with Gasteiger partial charge in [0.2, 0.25) is 0 Å². The molecule has 0 saturated heterocycles. The Balaban J connectivity index is 2.12. The molecule has 2 aromatic rings. The van der Waals surface area contributed by atoms with Crippen LogP contribution in [-0.2, 0) is 16.5 Å². The predicted octanol–water partition coefficient (Wildman–Crippen LogP) is 3.98. The summed E-state index contributed by atoms with van der Waals surface area (Å²) in [7, 11) is 0. The van der Waals surface area contributed by atoms with Gasteiger partial charge in [-0.3, -0.25) is 0 Å². The smallest absolute Gasteiger partial charge is 0.419 e. The first-order valence-corrected chi connectivity index (χ1v) is 10.2. The molecule has 0 aliphatic heterocycles. The van der Waals surface area contributed by atoms with E-state index in [1.807, 2.05) is 6.92 Å². The fraction of sp³-hybridized carbons (Fsp3) is 0.579. The molecule has 162 valence electrons. The summed E-state index contributed by atoms with van der Waals surface area (Å²) < 4.78 is 51.3. The third kappa shape index (κ3) is 6.63. The number of nitrogens with zero attached hydrogens (tertiary/aromatic N) is 2. The van der Waals surface area contributed by atoms with Crippen LogP contribution < -0.4 is 10.5 Å². The number of benzene rings is 1. The van der Waals surface area contributed by atoms with Crippen LogP contribution in [0.1, 0.15) is 43.7 Å². The molecule has 0 radical (unpaired) electrons. The molecule has 10 heteroatoms. The minimum atomic E-state index is -4.57. The molecular weight excluding hydrogens is 407 g/mol. The van der Waals surface area contributed by atoms with Crippen molar-refractivity contribution in [3.63, 3.8) is 0 Å². The van der Waals surface area contributed by atoms with E-state index in [-0.39, 0.29) is 29.5 Å². The molecule has 1 heterocycles. The fourth-order valence-corrected chi connectivity index (χ4v) is 3.27. The first-order valence-electron chi connectivity index (χ1n) is 9.35. The highest BCUT2D eigenvalue weighted by atomic mass is 32.1. The molecule has 0 amide bonds. The quantitative estimate of drug-likeness (QED) is 0.521. The number of aromatic nitrogens is 2. The van der Waals surface area contributed by atoms with Gasteiger partial charge < -0.3 is 20.3 Å². The van der Waals surface area contributed by atoms with Crippen molar-refractivity contribution in [2.75, 3.05) is 26.4 Å². The van der Waals surface area contributed by atoms with Gasteiger partial charge in [-0.1, -0.05) is 18.3 Å². The van der Waals surface area contributed by atoms with E-state index >= 15 is 0 Å². The lowest BCUT2D eigenvalue weighted by Crippen LogP contribution is -2.36. The Morgan fingerprint density at radius 3 is 2.52 bits per heavy atom. The van der Waals surface area contributed by atoms with Gasteiger partial charge in [0.05, 0.1) is 24.3 Å². The standard InChI is InChI=1S/C19H26F3N3O3S/c1-3-8-27-9-4-5-10-28-15-7-6-13(11-14(15)19(20,21)22)16-24-25-17(29-16)18(2,23)12-26/h6-7,11,26H,3-5,8-10,12,23H2,1-2H3. The van der Waals surface area contributed by atoms with Gasteiger partial charge in [-0.25, -0.2) is 0 Å². The van der Waals surface area contributed by atoms with Gasteiger partial charge in [0, 0.05) is 18.8 Å². The van der Waals surface area contributed by atoms with Crippen LogP contribution in [0.15, 0.2) is 18.2 Å². The number of aliphatic hydroxyl groups excluding tert-OH is 1. The number of rotatable bonds is 11. The number of unbranched alkanes of at least 4 members (excludes halogenated alkanes) is 1. The molecule has 1 aromatic heterocycles. The predicted molar refractivity (Wildman–Crippen MR) is 105 cm³/mol. The van der Waals surface area contributed by atoms with Gasteiger partial charge in [0.1, 0.15) is 15.8 Å². The number of halogens is 3. The van der Waals surface area contributed by atoms with Crippen LogP contribution in [0.3, 0.4) is 0 Å². The lowest BCUT2D eigenvalue weighted by Gasteiger charge is -2.17. The van der Waals surface area contributed by atoms with Crippen molar-refractivity contribution in [3.05, 3.63) is 28.8 Å². The molecule has 0 fully saturated rings. The maximum Gasteiger partial charge on any atom is 0.419 e. The molecule has 0 aliphatic rings. The van der Waals surface area contributed by atoms with Crippen LogP contribution in [-0.4, -0.2) is 41.7 Å². The Bertz CT molecular complexity index is 782. The maximum atomic E-state index is 13.5. The van der Waals surface area contributed by atoms with Gasteiger partial charge in [-0.05, 0) is 44.4 Å². The number of hydrogen-bond acceptors (Lipinski definition) is 7. The van der Waals surface area contributed by atoms with Crippen LogP contribution in [0.2, 0.25) is 0 Å². The normalized spacial score (nSPS) is 14.0. The topological polar surface area (TPSA) is 90.5 Å². The Hall–Kier alpha value is -1.75. The molecule has 0 bridgehead atoms. The van der Waals surface area contributed by atoms with Crippen molar-refractivity contribution < 1.29 is 27.8 Å². The Morgan fingerprint density at radius 2 is 1.86 bits per heavy atom. The zero-order chi connectivity index (χ0) is 21.5. The monoisotopic (exact) mass is 433 g/mol. The number of aliphatic hydroxyl groups is 1. The minimum absolute atomic E-state index is 0.170. The Morgan fingerprint density at radius 1 is 1.14 bits per heavy atom. The summed E-state index contributed by atoms with van der Waals surface area (Å²) in [5.41, 5.74) is 4.19. The molecule has 1 aromatic carbocycles.